The van der Waals surface area contributed by atoms with E-state index in [4.69, 9.17) is 0 Å². The van der Waals surface area contributed by atoms with E-state index in [1.54, 1.807) is 20.8 Å². The van der Waals surface area contributed by atoms with Gasteiger partial charge in [0.25, 0.3) is 0 Å². The van der Waals surface area contributed by atoms with Gasteiger partial charge in [-0.3, -0.25) is 14.9 Å². The van der Waals surface area contributed by atoms with Crippen molar-refractivity contribution in [3.63, 3.8) is 0 Å². The Kier molecular flexibility index (Phi) is 6.68. The number of hydrogen-bond donors (Lipinski definition) is 2. The Bertz CT molecular complexity index is 832. The molecule has 27 heavy (non-hydrogen) atoms. The van der Waals surface area contributed by atoms with Crippen LogP contribution < -0.4 is 10.9 Å². The first-order valence-corrected chi connectivity index (χ1v) is 7.50. The first-order valence-electron chi connectivity index (χ1n) is 7.50. The molecule has 0 saturated carbocycles. The van der Waals surface area contributed by atoms with Crippen LogP contribution in [0.1, 0.15) is 36.7 Å². The summed E-state index contributed by atoms with van der Waals surface area (Å²) in [6.07, 6.45) is 0.791. The van der Waals surface area contributed by atoms with Crippen LogP contribution in [0.2, 0.25) is 0 Å². The van der Waals surface area contributed by atoms with Gasteiger partial charge < -0.3 is 10.2 Å². The fourth-order valence-electron chi connectivity index (χ4n) is 1.93. The number of halogens is 3. The first-order chi connectivity index (χ1) is 12.3. The quantitative estimate of drug-likeness (QED) is 0.112. The third-order valence-electron chi connectivity index (χ3n) is 3.24. The molecule has 0 aliphatic carbocycles. The lowest BCUT2D eigenvalue weighted by Gasteiger charge is -2.20. The highest BCUT2D eigenvalue weighted by Crippen LogP contribution is 2.32. The molecule has 0 radical (unpaired) electrons. The Balaban J connectivity index is 3.61. The Morgan fingerprint density at radius 2 is 1.70 bits per heavy atom. The van der Waals surface area contributed by atoms with E-state index in [9.17, 15) is 32.9 Å². The second-order valence-electron chi connectivity index (χ2n) is 6.45. The summed E-state index contributed by atoms with van der Waals surface area (Å²) in [6.45, 7) is 6.00. The Hall–Kier alpha value is -2.95. The van der Waals surface area contributed by atoms with Crippen molar-refractivity contribution >= 4 is 17.4 Å². The molecule has 0 aliphatic heterocycles. The monoisotopic (exact) mass is 389 g/mol. The minimum Gasteiger partial charge on any atom is -0.465 e. The van der Waals surface area contributed by atoms with Crippen molar-refractivity contribution in [1.29, 1.82) is 0 Å². The van der Waals surface area contributed by atoms with Crippen molar-refractivity contribution in [3.8, 4) is 0 Å². The summed E-state index contributed by atoms with van der Waals surface area (Å²) in [5.74, 6) is -8.26. The standard InChI is InChI=1S/C16H18F3N3O5/c1-7-10(17)9(13(22(25)26)12(19)11(7)18)14(23)8(15(24)27-5)6-20-21-16(2,3)4/h6,20-21H,1-5H3. The molecule has 1 aromatic carbocycles. The number of ketones is 1. The molecule has 11 heteroatoms. The normalized spacial score (nSPS) is 11.9. The summed E-state index contributed by atoms with van der Waals surface area (Å²) in [5, 5.41) is 11.1. The van der Waals surface area contributed by atoms with Crippen molar-refractivity contribution in [2.75, 3.05) is 7.11 Å². The van der Waals surface area contributed by atoms with Gasteiger partial charge in [0.1, 0.15) is 17.0 Å². The number of Topliss-reactive ketones (excluding diaryl/α,β-unsaturated/α-hetero) is 1. The molecule has 0 aliphatic rings. The predicted octanol–water partition coefficient (Wildman–Crippen LogP) is 2.45. The molecule has 2 N–H and O–H groups in total. The van der Waals surface area contributed by atoms with E-state index in [1.165, 1.54) is 0 Å². The molecule has 8 nitrogen and oxygen atoms in total. The number of benzene rings is 1. The Morgan fingerprint density at radius 1 is 1.15 bits per heavy atom. The van der Waals surface area contributed by atoms with Gasteiger partial charge in [-0.25, -0.2) is 19.0 Å². The molecule has 0 amide bonds. The molecule has 0 unspecified atom stereocenters. The zero-order valence-electron chi connectivity index (χ0n) is 15.2. The van der Waals surface area contributed by atoms with Crippen molar-refractivity contribution in [3.05, 3.63) is 50.5 Å². The van der Waals surface area contributed by atoms with Crippen LogP contribution in [0.3, 0.4) is 0 Å². The second-order valence-corrected chi connectivity index (χ2v) is 6.45. The van der Waals surface area contributed by atoms with Gasteiger partial charge >= 0.3 is 11.7 Å². The molecular weight excluding hydrogens is 371 g/mol. The van der Waals surface area contributed by atoms with Gasteiger partial charge in [0.2, 0.25) is 11.6 Å². The molecule has 0 atom stereocenters. The average molecular weight is 389 g/mol. The highest BCUT2D eigenvalue weighted by molar-refractivity contribution is 6.25. The number of hydrogen-bond acceptors (Lipinski definition) is 7. The SMILES string of the molecule is COC(=O)C(=CNNC(C)(C)C)C(=O)c1c(F)c(C)c(F)c(F)c1[N+](=O)[O-]. The number of nitro benzene ring substituents is 1. The zero-order chi connectivity index (χ0) is 21.1. The van der Waals surface area contributed by atoms with Crippen LogP contribution >= 0.6 is 0 Å². The van der Waals surface area contributed by atoms with E-state index in [-0.39, 0.29) is 0 Å². The molecule has 148 valence electrons. The summed E-state index contributed by atoms with van der Waals surface area (Å²) < 4.78 is 46.4. The van der Waals surface area contributed by atoms with Crippen LogP contribution in [-0.4, -0.2) is 29.3 Å². The van der Waals surface area contributed by atoms with E-state index in [2.05, 4.69) is 15.6 Å². The number of hydrazine groups is 1. The van der Waals surface area contributed by atoms with E-state index in [0.717, 1.165) is 20.2 Å². The number of carbonyl (C=O) groups is 2. The second kappa shape index (κ2) is 8.16. The number of ether oxygens (including phenoxy) is 1. The predicted molar refractivity (Wildman–Crippen MR) is 88.2 cm³/mol. The number of methoxy groups -OCH3 is 1. The largest absolute Gasteiger partial charge is 0.465 e. The molecular formula is C16H18F3N3O5. The Morgan fingerprint density at radius 3 is 2.15 bits per heavy atom. The summed E-state index contributed by atoms with van der Waals surface area (Å²) in [4.78, 5) is 34.1. The molecule has 1 rings (SSSR count). The van der Waals surface area contributed by atoms with Crippen LogP contribution in [0.5, 0.6) is 0 Å². The van der Waals surface area contributed by atoms with Crippen molar-refractivity contribution in [2.24, 2.45) is 0 Å². The summed E-state index contributed by atoms with van der Waals surface area (Å²) >= 11 is 0. The lowest BCUT2D eigenvalue weighted by atomic mass is 9.98. The summed E-state index contributed by atoms with van der Waals surface area (Å²) in [6, 6.07) is 0. The van der Waals surface area contributed by atoms with Gasteiger partial charge in [-0.05, 0) is 27.7 Å². The first kappa shape index (κ1) is 22.1. The maximum atomic E-state index is 14.4. The lowest BCUT2D eigenvalue weighted by Crippen LogP contribution is -2.44. The maximum Gasteiger partial charge on any atom is 0.343 e. The van der Waals surface area contributed by atoms with Crippen LogP contribution in [-0.2, 0) is 9.53 Å². The van der Waals surface area contributed by atoms with Crippen molar-refractivity contribution in [2.45, 2.75) is 33.2 Å². The number of nitrogens with zero attached hydrogens (tertiary/aromatic N) is 1. The maximum absolute atomic E-state index is 14.4. The van der Waals surface area contributed by atoms with Gasteiger partial charge in [-0.1, -0.05) is 0 Å². The van der Waals surface area contributed by atoms with E-state index < -0.39 is 62.1 Å². The Labute approximate surface area is 152 Å². The fourth-order valence-corrected chi connectivity index (χ4v) is 1.93. The number of rotatable bonds is 6. The summed E-state index contributed by atoms with van der Waals surface area (Å²) in [7, 11) is 0.919. The van der Waals surface area contributed by atoms with Crippen molar-refractivity contribution in [1.82, 2.24) is 10.9 Å². The highest BCUT2D eigenvalue weighted by atomic mass is 19.2. The third kappa shape index (κ3) is 4.82. The van der Waals surface area contributed by atoms with E-state index in [0.29, 0.717) is 0 Å². The van der Waals surface area contributed by atoms with Crippen LogP contribution in [0.15, 0.2) is 11.8 Å². The molecule has 0 aromatic heterocycles. The minimum atomic E-state index is -2.01. The number of nitro groups is 1. The van der Waals surface area contributed by atoms with Gasteiger partial charge in [-0.15, -0.1) is 0 Å². The zero-order valence-corrected chi connectivity index (χ0v) is 15.2. The van der Waals surface area contributed by atoms with Gasteiger partial charge in [0, 0.05) is 17.3 Å². The van der Waals surface area contributed by atoms with Gasteiger partial charge in [-0.2, -0.15) is 4.39 Å². The van der Waals surface area contributed by atoms with Crippen LogP contribution in [0.4, 0.5) is 18.9 Å². The topological polar surface area (TPSA) is 111 Å². The number of nitrogens with one attached hydrogen (secondary N) is 2. The van der Waals surface area contributed by atoms with E-state index in [1.807, 2.05) is 0 Å². The highest BCUT2D eigenvalue weighted by Gasteiger charge is 2.37. The fraction of sp³-hybridized carbons (Fsp3) is 0.375. The average Bonchev–Trinajstić information content (AvgIpc) is 2.57. The lowest BCUT2D eigenvalue weighted by molar-refractivity contribution is -0.388. The van der Waals surface area contributed by atoms with Crippen LogP contribution in [0, 0.1) is 34.5 Å². The van der Waals surface area contributed by atoms with Gasteiger partial charge in [0.15, 0.2) is 5.82 Å². The molecule has 0 fully saturated rings. The van der Waals surface area contributed by atoms with E-state index >= 15 is 0 Å². The van der Waals surface area contributed by atoms with Crippen molar-refractivity contribution < 1.29 is 32.4 Å². The molecule has 0 heterocycles. The third-order valence-corrected chi connectivity index (χ3v) is 3.24. The molecule has 0 saturated heterocycles. The number of carbonyl (C=O) groups excluding carboxylic acids is 2. The molecule has 0 bridgehead atoms. The number of esters is 1. The smallest absolute Gasteiger partial charge is 0.343 e. The van der Waals surface area contributed by atoms with Gasteiger partial charge in [0.05, 0.1) is 12.0 Å². The van der Waals surface area contributed by atoms with Crippen LogP contribution in [0.25, 0.3) is 0 Å². The molecule has 1 aromatic rings. The summed E-state index contributed by atoms with van der Waals surface area (Å²) in [5.41, 5.74) is -0.328. The minimum absolute atomic E-state index is 0.517. The molecule has 0 spiro atoms.